The standard InChI is InChI=1S/C49H77NO13/c1-12-26(2)44-29(5)18-19-48(63-44)24-35-21-34(62-48)17-16-28(4)43(27(3)14-13-15-33-25-56-46-42(51)30(6)20-36(47(52)59-35)49(33,46)53)60-40-23-38(55-11)45(32(8)58-40)61-39-22-37(54-10)41(50-9)31(7)57-39/h13-16,20,26-27,29,31-32,34-46,50-51,53H,12,17-19,21-25H2,1-11H3/b14-13+,28-16+,33-15+/t26-,27-,29-,31-,32-,34?,35-,36-,37-,38-,39-,40-,41+,42+,43?,44+,45?,46+,48+,49+/m0/s1. The summed E-state index contributed by atoms with van der Waals surface area (Å²) in [5, 5.41) is 27.1. The van der Waals surface area contributed by atoms with Crippen molar-refractivity contribution in [3.63, 3.8) is 0 Å². The number of rotatable bonds is 9. The molecule has 14 nitrogen and oxygen atoms in total. The molecule has 5 saturated heterocycles. The lowest BCUT2D eigenvalue weighted by Gasteiger charge is -2.51. The van der Waals surface area contributed by atoms with E-state index in [1.165, 1.54) is 0 Å². The van der Waals surface area contributed by atoms with E-state index in [4.69, 9.17) is 47.4 Å². The maximum atomic E-state index is 14.4. The summed E-state index contributed by atoms with van der Waals surface area (Å²) in [6.07, 6.45) is 8.72. The number of aliphatic hydroxyl groups is 2. The Labute approximate surface area is 375 Å². The van der Waals surface area contributed by atoms with Gasteiger partial charge in [0.05, 0.1) is 55.4 Å². The Morgan fingerprint density at radius 2 is 1.67 bits per heavy atom. The molecule has 0 amide bonds. The summed E-state index contributed by atoms with van der Waals surface area (Å²) in [6, 6.07) is 0.0472. The van der Waals surface area contributed by atoms with E-state index in [-0.39, 0.29) is 55.2 Å². The molecular weight excluding hydrogens is 811 g/mol. The van der Waals surface area contributed by atoms with Gasteiger partial charge in [-0.3, -0.25) is 4.79 Å². The summed E-state index contributed by atoms with van der Waals surface area (Å²) < 4.78 is 64.8. The molecule has 1 aliphatic carbocycles. The number of nitrogens with one attached hydrogen (secondary N) is 1. The lowest BCUT2D eigenvalue weighted by molar-refractivity contribution is -0.340. The number of esters is 1. The summed E-state index contributed by atoms with van der Waals surface area (Å²) in [6.45, 7) is 16.6. The molecule has 1 spiro atoms. The predicted molar refractivity (Wildman–Crippen MR) is 234 cm³/mol. The van der Waals surface area contributed by atoms with Crippen LogP contribution in [-0.4, -0.2) is 141 Å². The summed E-state index contributed by atoms with van der Waals surface area (Å²) in [5.41, 5.74) is 0.234. The molecule has 3 unspecified atom stereocenters. The molecule has 356 valence electrons. The second kappa shape index (κ2) is 20.4. The highest BCUT2D eigenvalue weighted by molar-refractivity contribution is 5.78. The Morgan fingerprint density at radius 1 is 0.952 bits per heavy atom. The molecule has 0 aromatic heterocycles. The largest absolute Gasteiger partial charge is 0.462 e. The third-order valence-corrected chi connectivity index (χ3v) is 15.3. The van der Waals surface area contributed by atoms with E-state index in [1.54, 1.807) is 33.3 Å². The van der Waals surface area contributed by atoms with Crippen molar-refractivity contribution in [3.8, 4) is 0 Å². The Morgan fingerprint density at radius 3 is 2.38 bits per heavy atom. The van der Waals surface area contributed by atoms with Crippen LogP contribution in [0.15, 0.2) is 47.1 Å². The van der Waals surface area contributed by atoms with Crippen LogP contribution >= 0.6 is 0 Å². The number of hydrogen-bond acceptors (Lipinski definition) is 14. The van der Waals surface area contributed by atoms with Gasteiger partial charge in [0.25, 0.3) is 0 Å². The highest BCUT2D eigenvalue weighted by atomic mass is 16.7. The highest BCUT2D eigenvalue weighted by Crippen LogP contribution is 2.48. The van der Waals surface area contributed by atoms with E-state index in [2.05, 4.69) is 46.0 Å². The van der Waals surface area contributed by atoms with Gasteiger partial charge >= 0.3 is 5.97 Å². The van der Waals surface area contributed by atoms with E-state index >= 15 is 0 Å². The SMILES string of the molecule is CC[C@H](C)[C@H]1O[C@]2(CC[C@@H]1C)C[C@@H]1CC(C/C=C(\C)C(O[C@H]3C[C@H](OC)C(O[C@H]4C[C@H](OC)[C@H](NC)[C@H](C)O4)[C@H](C)O3)[C@@H](C)/C=C/C=C3\CO[C@@H]4[C@H](O)C(C)=C[C@@H](C(=O)O1)[C@]34O)O2. The first-order valence-electron chi connectivity index (χ1n) is 23.7. The van der Waals surface area contributed by atoms with Crippen molar-refractivity contribution in [1.29, 1.82) is 0 Å². The molecule has 0 aromatic rings. The molecule has 0 radical (unpaired) electrons. The minimum atomic E-state index is -1.81. The first kappa shape index (κ1) is 48.9. The van der Waals surface area contributed by atoms with Crippen LogP contribution in [0.3, 0.4) is 0 Å². The van der Waals surface area contributed by atoms with E-state index in [9.17, 15) is 15.0 Å². The number of carbonyl (C=O) groups excluding carboxylic acids is 1. The van der Waals surface area contributed by atoms with Gasteiger partial charge in [-0.15, -0.1) is 0 Å². The Hall–Kier alpha value is -2.05. The molecule has 6 heterocycles. The van der Waals surface area contributed by atoms with Crippen molar-refractivity contribution in [1.82, 2.24) is 5.32 Å². The number of carbonyl (C=O) groups is 1. The number of aliphatic hydroxyl groups excluding tert-OH is 1. The van der Waals surface area contributed by atoms with Crippen LogP contribution in [0.1, 0.15) is 107 Å². The number of fused-ring (bicyclic) bond motifs is 2. The molecule has 63 heavy (non-hydrogen) atoms. The van der Waals surface area contributed by atoms with Crippen molar-refractivity contribution in [2.45, 2.75) is 204 Å². The van der Waals surface area contributed by atoms with Crippen LogP contribution in [0, 0.1) is 23.7 Å². The Bertz CT molecular complexity index is 1700. The van der Waals surface area contributed by atoms with Gasteiger partial charge in [0.15, 0.2) is 18.4 Å². The number of methoxy groups -OCH3 is 2. The van der Waals surface area contributed by atoms with Crippen LogP contribution in [-0.2, 0) is 52.2 Å². The van der Waals surface area contributed by atoms with Gasteiger partial charge in [-0.25, -0.2) is 0 Å². The molecule has 5 fully saturated rings. The first-order valence-corrected chi connectivity index (χ1v) is 23.7. The fourth-order valence-corrected chi connectivity index (χ4v) is 11.4. The topological polar surface area (TPSA) is 162 Å². The molecule has 7 aliphatic rings. The number of ether oxygens (including phenoxy) is 10. The number of likely N-dealkylation sites (N-methyl/N-ethyl adjacent to an activating group) is 1. The maximum absolute atomic E-state index is 14.4. The van der Waals surface area contributed by atoms with Crippen molar-refractivity contribution in [2.75, 3.05) is 27.9 Å². The fraction of sp³-hybridized carbons (Fsp3) is 0.816. The van der Waals surface area contributed by atoms with E-state index in [0.717, 1.165) is 18.4 Å². The van der Waals surface area contributed by atoms with E-state index in [1.807, 2.05) is 33.0 Å². The van der Waals surface area contributed by atoms with Crippen LogP contribution < -0.4 is 5.32 Å². The Balaban J connectivity index is 1.17. The minimum Gasteiger partial charge on any atom is -0.462 e. The van der Waals surface area contributed by atoms with E-state index in [0.29, 0.717) is 61.5 Å². The second-order valence-corrected chi connectivity index (χ2v) is 19.7. The average molecular weight is 888 g/mol. The van der Waals surface area contributed by atoms with Crippen molar-refractivity contribution in [3.05, 3.63) is 47.1 Å². The smallest absolute Gasteiger partial charge is 0.316 e. The van der Waals surface area contributed by atoms with E-state index < -0.39 is 66.4 Å². The fourth-order valence-electron chi connectivity index (χ4n) is 11.4. The van der Waals surface area contributed by atoms with Crippen LogP contribution in [0.2, 0.25) is 0 Å². The summed E-state index contributed by atoms with van der Waals surface area (Å²) in [5.74, 6) is -2.04. The third-order valence-electron chi connectivity index (χ3n) is 15.3. The maximum Gasteiger partial charge on any atom is 0.316 e. The second-order valence-electron chi connectivity index (χ2n) is 19.7. The molecule has 20 atom stereocenters. The lowest BCUT2D eigenvalue weighted by Crippen LogP contribution is -2.58. The average Bonchev–Trinajstić information content (AvgIpc) is 3.60. The molecule has 6 aliphatic heterocycles. The molecular formula is C49H77NO13. The zero-order valence-electron chi connectivity index (χ0n) is 39.5. The first-order chi connectivity index (χ1) is 30.0. The summed E-state index contributed by atoms with van der Waals surface area (Å²) in [4.78, 5) is 14.4. The molecule has 14 heteroatoms. The molecule has 2 bridgehead atoms. The van der Waals surface area contributed by atoms with Gasteiger partial charge < -0.3 is 62.9 Å². The van der Waals surface area contributed by atoms with Gasteiger partial charge in [-0.1, -0.05) is 64.5 Å². The van der Waals surface area contributed by atoms with Crippen molar-refractivity contribution in [2.24, 2.45) is 23.7 Å². The highest BCUT2D eigenvalue weighted by Gasteiger charge is 2.60. The van der Waals surface area contributed by atoms with Gasteiger partial charge in [0.2, 0.25) is 0 Å². The van der Waals surface area contributed by atoms with Gasteiger partial charge in [0.1, 0.15) is 35.9 Å². The summed E-state index contributed by atoms with van der Waals surface area (Å²) in [7, 11) is 5.31. The third kappa shape index (κ3) is 10.1. The molecule has 3 N–H and O–H groups in total. The monoisotopic (exact) mass is 888 g/mol. The molecule has 0 aromatic carbocycles. The van der Waals surface area contributed by atoms with Crippen molar-refractivity contribution < 1.29 is 62.4 Å². The van der Waals surface area contributed by atoms with Gasteiger partial charge in [-0.2, -0.15) is 0 Å². The molecule has 7 rings (SSSR count). The normalized spacial score (nSPS) is 48.8. The van der Waals surface area contributed by atoms with Gasteiger partial charge in [0, 0.05) is 52.2 Å². The van der Waals surface area contributed by atoms with Crippen LogP contribution in [0.4, 0.5) is 0 Å². The lowest BCUT2D eigenvalue weighted by atomic mass is 9.71. The number of allylic oxidation sites excluding steroid dienone is 2. The van der Waals surface area contributed by atoms with Crippen LogP contribution in [0.5, 0.6) is 0 Å². The molecule has 0 saturated carbocycles. The zero-order valence-corrected chi connectivity index (χ0v) is 39.5. The van der Waals surface area contributed by atoms with Crippen LogP contribution in [0.25, 0.3) is 0 Å². The number of hydrogen-bond donors (Lipinski definition) is 3. The van der Waals surface area contributed by atoms with Gasteiger partial charge in [-0.05, 0) is 76.1 Å². The summed E-state index contributed by atoms with van der Waals surface area (Å²) >= 11 is 0. The predicted octanol–water partition coefficient (Wildman–Crippen LogP) is 5.83. The van der Waals surface area contributed by atoms with Crippen molar-refractivity contribution >= 4 is 5.97 Å². The zero-order chi connectivity index (χ0) is 45.4. The quantitative estimate of drug-likeness (QED) is 0.187. The Kier molecular flexibility index (Phi) is 15.9. The minimum absolute atomic E-state index is 0.000161.